The van der Waals surface area contributed by atoms with E-state index >= 15 is 0 Å². The highest BCUT2D eigenvalue weighted by Gasteiger charge is 2.24. The molecule has 2 aliphatic heterocycles. The molecule has 9 nitrogen and oxygen atoms in total. The number of carboxylic acids is 1. The van der Waals surface area contributed by atoms with Gasteiger partial charge in [-0.05, 0) is 48.7 Å². The number of nitrogens with zero attached hydrogens (tertiary/aromatic N) is 5. The van der Waals surface area contributed by atoms with E-state index in [1.54, 1.807) is 24.4 Å². The molecule has 0 aliphatic carbocycles. The van der Waals surface area contributed by atoms with Crippen molar-refractivity contribution >= 4 is 34.2 Å². The lowest BCUT2D eigenvalue weighted by Crippen LogP contribution is -2.33. The van der Waals surface area contributed by atoms with Crippen LogP contribution in [0.4, 0.5) is 0 Å². The molecule has 200 valence electrons. The number of fused-ring (bicyclic) bond motifs is 1. The molecule has 1 atom stereocenters. The van der Waals surface area contributed by atoms with Crippen LogP contribution in [0.1, 0.15) is 40.3 Å². The molecule has 0 bridgehead atoms. The molecule has 3 aromatic heterocycles. The predicted octanol–water partition coefficient (Wildman–Crippen LogP) is 4.84. The summed E-state index contributed by atoms with van der Waals surface area (Å²) >= 11 is 6.14. The highest BCUT2D eigenvalue weighted by atomic mass is 35.5. The molecule has 0 unspecified atom stereocenters. The van der Waals surface area contributed by atoms with Crippen LogP contribution in [0.25, 0.3) is 16.6 Å². The second-order valence-electron chi connectivity index (χ2n) is 9.75. The van der Waals surface area contributed by atoms with Gasteiger partial charge in [-0.2, -0.15) is 0 Å². The number of benzene rings is 1. The highest BCUT2D eigenvalue weighted by molar-refractivity contribution is 6.30. The van der Waals surface area contributed by atoms with Crippen LogP contribution in [-0.4, -0.2) is 61.3 Å². The van der Waals surface area contributed by atoms with Gasteiger partial charge in [-0.3, -0.25) is 4.90 Å². The van der Waals surface area contributed by atoms with E-state index in [2.05, 4.69) is 20.5 Å². The number of imidazole rings is 1. The molecule has 0 radical (unpaired) electrons. The zero-order chi connectivity index (χ0) is 26.8. The number of aromatic carboxylic acids is 1. The number of pyridine rings is 2. The second kappa shape index (κ2) is 11.1. The first-order chi connectivity index (χ1) is 19.0. The Labute approximate surface area is 230 Å². The van der Waals surface area contributed by atoms with E-state index in [9.17, 15) is 9.90 Å². The zero-order valence-electron chi connectivity index (χ0n) is 21.3. The molecule has 10 heteroatoms. The van der Waals surface area contributed by atoms with Gasteiger partial charge in [0.1, 0.15) is 17.6 Å². The fraction of sp³-hybridized carbons (Fsp3) is 0.310. The molecule has 2 aliphatic rings. The molecule has 0 spiro atoms. The molecule has 0 amide bonds. The average molecular weight is 546 g/mol. The third-order valence-corrected chi connectivity index (χ3v) is 7.52. The van der Waals surface area contributed by atoms with Gasteiger partial charge in [0, 0.05) is 37.5 Å². The lowest BCUT2D eigenvalue weighted by molar-refractivity contribution is -0.0591. The minimum absolute atomic E-state index is 0.136. The number of aromatic nitrogens is 4. The van der Waals surface area contributed by atoms with E-state index < -0.39 is 5.97 Å². The maximum atomic E-state index is 11.6. The molecular formula is C29H28ClN5O4. The number of halogens is 1. The van der Waals surface area contributed by atoms with Crippen LogP contribution < -0.4 is 4.74 Å². The topological polar surface area (TPSA) is 103 Å². The molecule has 1 saturated heterocycles. The maximum Gasteiger partial charge on any atom is 0.335 e. The highest BCUT2D eigenvalue weighted by Crippen LogP contribution is 2.26. The Kier molecular flexibility index (Phi) is 7.28. The summed E-state index contributed by atoms with van der Waals surface area (Å²) in [5, 5.41) is 9.91. The number of rotatable bonds is 9. The maximum absolute atomic E-state index is 11.6. The molecule has 1 N–H and O–H groups in total. The molecule has 6 rings (SSSR count). The van der Waals surface area contributed by atoms with Crippen molar-refractivity contribution < 1.29 is 19.4 Å². The van der Waals surface area contributed by atoms with Gasteiger partial charge in [-0.15, -0.1) is 0 Å². The number of hydrogen-bond donors (Lipinski definition) is 1. The van der Waals surface area contributed by atoms with E-state index in [4.69, 9.17) is 31.0 Å². The summed E-state index contributed by atoms with van der Waals surface area (Å²) in [6.07, 6.45) is 5.84. The second-order valence-corrected chi connectivity index (χ2v) is 10.1. The van der Waals surface area contributed by atoms with Crippen LogP contribution in [0.2, 0.25) is 5.15 Å². The predicted molar refractivity (Wildman–Crippen MR) is 147 cm³/mol. The Morgan fingerprint density at radius 3 is 2.82 bits per heavy atom. The van der Waals surface area contributed by atoms with Crippen molar-refractivity contribution in [3.05, 3.63) is 88.6 Å². The summed E-state index contributed by atoms with van der Waals surface area (Å²) in [6.45, 7) is 4.02. The SMILES string of the molecule is O=C(O)c1ccc2nc(CN3CC=C(c4cccc(OCc5cccnc5Cl)n4)CC3)n(C[C@@H]3CCO3)c2c1. The Hall–Kier alpha value is -3.79. The largest absolute Gasteiger partial charge is 0.478 e. The van der Waals surface area contributed by atoms with Crippen molar-refractivity contribution in [1.82, 2.24) is 24.4 Å². The molecule has 1 aromatic carbocycles. The molecular weight excluding hydrogens is 518 g/mol. The van der Waals surface area contributed by atoms with Crippen LogP contribution in [0.5, 0.6) is 5.88 Å². The van der Waals surface area contributed by atoms with E-state index in [0.29, 0.717) is 30.7 Å². The lowest BCUT2D eigenvalue weighted by Gasteiger charge is -2.29. The third-order valence-electron chi connectivity index (χ3n) is 7.18. The summed E-state index contributed by atoms with van der Waals surface area (Å²) in [4.78, 5) is 27.6. The van der Waals surface area contributed by atoms with Crippen molar-refractivity contribution in [1.29, 1.82) is 0 Å². The van der Waals surface area contributed by atoms with Crippen molar-refractivity contribution in [3.63, 3.8) is 0 Å². The van der Waals surface area contributed by atoms with E-state index in [-0.39, 0.29) is 11.7 Å². The van der Waals surface area contributed by atoms with Crippen LogP contribution in [0.3, 0.4) is 0 Å². The first kappa shape index (κ1) is 25.5. The Bertz CT molecular complexity index is 1550. The van der Waals surface area contributed by atoms with Gasteiger partial charge < -0.3 is 19.1 Å². The molecule has 1 fully saturated rings. The van der Waals surface area contributed by atoms with E-state index in [1.807, 2.05) is 30.3 Å². The van der Waals surface area contributed by atoms with E-state index in [0.717, 1.165) is 60.7 Å². The summed E-state index contributed by atoms with van der Waals surface area (Å²) in [7, 11) is 0. The van der Waals surface area contributed by atoms with Gasteiger partial charge in [0.25, 0.3) is 0 Å². The van der Waals surface area contributed by atoms with Gasteiger partial charge in [0.15, 0.2) is 0 Å². The van der Waals surface area contributed by atoms with Crippen LogP contribution in [0, 0.1) is 0 Å². The fourth-order valence-electron chi connectivity index (χ4n) is 4.90. The van der Waals surface area contributed by atoms with Crippen LogP contribution in [-0.2, 0) is 24.4 Å². The molecule has 0 saturated carbocycles. The summed E-state index contributed by atoms with van der Waals surface area (Å²) in [5.74, 6) is 0.523. The van der Waals surface area contributed by atoms with Gasteiger partial charge in [0.05, 0.1) is 41.5 Å². The first-order valence-electron chi connectivity index (χ1n) is 13.0. The number of ether oxygens (including phenoxy) is 2. The van der Waals surface area contributed by atoms with Gasteiger partial charge in [-0.25, -0.2) is 19.7 Å². The van der Waals surface area contributed by atoms with Crippen molar-refractivity contribution in [3.8, 4) is 5.88 Å². The third kappa shape index (κ3) is 5.66. The Morgan fingerprint density at radius 2 is 2.08 bits per heavy atom. The number of carbonyl (C=O) groups is 1. The normalized spacial score (nSPS) is 17.6. The van der Waals surface area contributed by atoms with Crippen LogP contribution in [0.15, 0.2) is 60.8 Å². The van der Waals surface area contributed by atoms with Gasteiger partial charge in [-0.1, -0.05) is 29.8 Å². The minimum Gasteiger partial charge on any atom is -0.478 e. The molecule has 5 heterocycles. The molecule has 4 aromatic rings. The minimum atomic E-state index is -0.941. The summed E-state index contributed by atoms with van der Waals surface area (Å²) in [6, 6.07) is 14.6. The van der Waals surface area contributed by atoms with Crippen molar-refractivity contribution in [2.24, 2.45) is 0 Å². The van der Waals surface area contributed by atoms with Gasteiger partial charge >= 0.3 is 5.97 Å². The smallest absolute Gasteiger partial charge is 0.335 e. The fourth-order valence-corrected chi connectivity index (χ4v) is 5.08. The standard InChI is InChI=1S/C29H28ClN5O4/c30-28-21(3-2-11-31-28)18-39-27-5-1-4-23(33-27)19-8-12-34(13-9-19)17-26-32-24-7-6-20(29(36)37)15-25(24)35(26)16-22-10-14-38-22/h1-8,11,15,22H,9-10,12-14,16-18H2,(H,36,37)/t22-/m0/s1. The Morgan fingerprint density at radius 1 is 1.18 bits per heavy atom. The van der Waals surface area contributed by atoms with E-state index in [1.165, 1.54) is 5.57 Å². The zero-order valence-corrected chi connectivity index (χ0v) is 22.0. The number of hydrogen-bond acceptors (Lipinski definition) is 7. The molecule has 39 heavy (non-hydrogen) atoms. The average Bonchev–Trinajstić information content (AvgIpc) is 3.26. The van der Waals surface area contributed by atoms with Crippen molar-refractivity contribution in [2.75, 3.05) is 19.7 Å². The van der Waals surface area contributed by atoms with Crippen LogP contribution >= 0.6 is 11.6 Å². The van der Waals surface area contributed by atoms with Crippen molar-refractivity contribution in [2.45, 2.75) is 38.6 Å². The lowest BCUT2D eigenvalue weighted by atomic mass is 10.0. The number of carboxylic acid groups (broad SMARTS) is 1. The Balaban J connectivity index is 1.15. The summed E-state index contributed by atoms with van der Waals surface area (Å²) < 4.78 is 13.7. The van der Waals surface area contributed by atoms with Gasteiger partial charge in [0.2, 0.25) is 5.88 Å². The quantitative estimate of drug-likeness (QED) is 0.298. The first-order valence-corrected chi connectivity index (χ1v) is 13.4. The monoisotopic (exact) mass is 545 g/mol. The summed E-state index contributed by atoms with van der Waals surface area (Å²) in [5.41, 5.74) is 4.79.